The van der Waals surface area contributed by atoms with E-state index in [1.54, 1.807) is 36.5 Å². The molecular weight excluding hydrogens is 487 g/mol. The molecule has 3 aromatic rings. The van der Waals surface area contributed by atoms with Gasteiger partial charge in [-0.3, -0.25) is 9.78 Å². The third-order valence-electron chi connectivity index (χ3n) is 3.94. The molecule has 0 unspecified atom stereocenters. The first-order valence-corrected chi connectivity index (χ1v) is 9.96. The van der Waals surface area contributed by atoms with E-state index in [0.717, 1.165) is 0 Å². The number of carboxylic acid groups (broad SMARTS) is 1. The van der Waals surface area contributed by atoms with Crippen LogP contribution in [-0.2, 0) is 11.2 Å². The van der Waals surface area contributed by atoms with E-state index >= 15 is 0 Å². The highest BCUT2D eigenvalue weighted by atomic mass is 35.5. The Balaban J connectivity index is 2.21. The van der Waals surface area contributed by atoms with Crippen molar-refractivity contribution in [2.45, 2.75) is 6.42 Å². The monoisotopic (exact) mass is 493 g/mol. The molecule has 144 valence electrons. The third-order valence-corrected chi connectivity index (χ3v) is 6.53. The van der Waals surface area contributed by atoms with Crippen LogP contribution < -0.4 is 0 Å². The van der Waals surface area contributed by atoms with Crippen molar-refractivity contribution < 1.29 is 9.90 Å². The topological polar surface area (TPSA) is 50.2 Å². The van der Waals surface area contributed by atoms with Crippen LogP contribution in [-0.4, -0.2) is 16.1 Å². The zero-order valence-electron chi connectivity index (χ0n) is 13.7. The smallest absolute Gasteiger partial charge is 0.307 e. The minimum absolute atomic E-state index is 0.167. The fourth-order valence-corrected chi connectivity index (χ4v) is 3.92. The average Bonchev–Trinajstić information content (AvgIpc) is 2.65. The molecule has 0 aliphatic rings. The van der Waals surface area contributed by atoms with E-state index in [-0.39, 0.29) is 31.5 Å². The average molecular weight is 496 g/mol. The molecule has 28 heavy (non-hydrogen) atoms. The van der Waals surface area contributed by atoms with Crippen LogP contribution in [0.2, 0.25) is 30.1 Å². The van der Waals surface area contributed by atoms with Crippen LogP contribution >= 0.6 is 69.6 Å². The van der Waals surface area contributed by atoms with Crippen LogP contribution in [0.25, 0.3) is 22.4 Å². The number of rotatable bonds is 4. The number of halogens is 6. The lowest BCUT2D eigenvalue weighted by Crippen LogP contribution is -2.04. The maximum Gasteiger partial charge on any atom is 0.307 e. The van der Waals surface area contributed by atoms with Gasteiger partial charge >= 0.3 is 5.97 Å². The number of aromatic nitrogens is 1. The number of aliphatic carboxylic acids is 1. The summed E-state index contributed by atoms with van der Waals surface area (Å²) in [7, 11) is 0. The first-order valence-electron chi connectivity index (χ1n) is 7.69. The Hall–Kier alpha value is -1.20. The van der Waals surface area contributed by atoms with Gasteiger partial charge in [0.25, 0.3) is 0 Å². The molecule has 3 nitrogen and oxygen atoms in total. The highest BCUT2D eigenvalue weighted by Crippen LogP contribution is 2.41. The van der Waals surface area contributed by atoms with Crippen molar-refractivity contribution in [1.29, 1.82) is 0 Å². The van der Waals surface area contributed by atoms with E-state index in [1.807, 2.05) is 0 Å². The summed E-state index contributed by atoms with van der Waals surface area (Å²) in [5, 5.41) is 10.7. The fourth-order valence-electron chi connectivity index (χ4n) is 2.66. The highest BCUT2D eigenvalue weighted by molar-refractivity contribution is 6.49. The van der Waals surface area contributed by atoms with Crippen molar-refractivity contribution in [3.8, 4) is 22.4 Å². The number of carboxylic acids is 1. The number of nitrogens with zero attached hydrogens (tertiary/aromatic N) is 1. The van der Waals surface area contributed by atoms with Gasteiger partial charge in [0, 0.05) is 22.9 Å². The normalized spacial score (nSPS) is 10.9. The van der Waals surface area contributed by atoms with E-state index in [9.17, 15) is 9.90 Å². The van der Waals surface area contributed by atoms with Gasteiger partial charge in [-0.25, -0.2) is 0 Å². The van der Waals surface area contributed by atoms with Crippen LogP contribution in [0.1, 0.15) is 5.56 Å². The van der Waals surface area contributed by atoms with E-state index in [0.29, 0.717) is 33.0 Å². The molecule has 1 heterocycles. The van der Waals surface area contributed by atoms with Crippen LogP contribution in [0.5, 0.6) is 0 Å². The van der Waals surface area contributed by atoms with Gasteiger partial charge in [0.2, 0.25) is 0 Å². The molecule has 0 amide bonds. The van der Waals surface area contributed by atoms with E-state index < -0.39 is 5.97 Å². The van der Waals surface area contributed by atoms with Crippen molar-refractivity contribution in [2.24, 2.45) is 0 Å². The van der Waals surface area contributed by atoms with Crippen molar-refractivity contribution in [3.05, 3.63) is 72.2 Å². The number of hydrogen-bond acceptors (Lipinski definition) is 2. The van der Waals surface area contributed by atoms with Crippen molar-refractivity contribution in [2.75, 3.05) is 0 Å². The number of carbonyl (C=O) groups is 1. The lowest BCUT2D eigenvalue weighted by Gasteiger charge is -2.14. The minimum atomic E-state index is -1.03. The summed E-state index contributed by atoms with van der Waals surface area (Å²) in [5.41, 5.74) is 2.43. The molecule has 0 spiro atoms. The molecule has 1 aromatic heterocycles. The zero-order chi connectivity index (χ0) is 20.6. The molecule has 0 saturated carbocycles. The largest absolute Gasteiger partial charge is 0.481 e. The maximum absolute atomic E-state index is 11.4. The molecule has 0 saturated heterocycles. The first-order chi connectivity index (χ1) is 13.2. The van der Waals surface area contributed by atoms with Gasteiger partial charge < -0.3 is 5.11 Å². The summed E-state index contributed by atoms with van der Waals surface area (Å²) < 4.78 is 0. The lowest BCUT2D eigenvalue weighted by molar-refractivity contribution is -0.136. The molecule has 0 aliphatic carbocycles. The highest BCUT2D eigenvalue weighted by Gasteiger charge is 2.19. The van der Waals surface area contributed by atoms with Gasteiger partial charge in [-0.2, -0.15) is 0 Å². The number of benzene rings is 2. The standard InChI is InChI=1S/C19H9Cl6NO2/c20-12-3-1-10(15(22)17(12)24)9-5-8(6-14(27)28)19(26-7-9)11-2-4-13(21)18(25)16(11)23/h1-5,7H,6H2,(H,27,28). The SMILES string of the molecule is O=C(O)Cc1cc(-c2ccc(Cl)c(Cl)c2Cl)cnc1-c1ccc(Cl)c(Cl)c1Cl. The Morgan fingerprint density at radius 1 is 0.821 bits per heavy atom. The summed E-state index contributed by atoms with van der Waals surface area (Å²) in [6, 6.07) is 8.16. The quantitative estimate of drug-likeness (QED) is 0.373. The predicted molar refractivity (Wildman–Crippen MR) is 117 cm³/mol. The number of pyridine rings is 1. The first kappa shape index (κ1) is 21.5. The van der Waals surface area contributed by atoms with Crippen LogP contribution in [0.15, 0.2) is 36.5 Å². The molecule has 0 bridgehead atoms. The van der Waals surface area contributed by atoms with E-state index in [4.69, 9.17) is 69.6 Å². The Morgan fingerprint density at radius 3 is 1.93 bits per heavy atom. The van der Waals surface area contributed by atoms with Crippen LogP contribution in [0, 0.1) is 0 Å². The summed E-state index contributed by atoms with van der Waals surface area (Å²) in [4.78, 5) is 15.8. The molecule has 0 atom stereocenters. The number of hydrogen-bond donors (Lipinski definition) is 1. The molecule has 0 radical (unpaired) electrons. The Kier molecular flexibility index (Phi) is 6.65. The van der Waals surface area contributed by atoms with E-state index in [2.05, 4.69) is 4.98 Å². The molecule has 3 rings (SSSR count). The minimum Gasteiger partial charge on any atom is -0.481 e. The summed E-state index contributed by atoms with van der Waals surface area (Å²) in [5.74, 6) is -1.03. The van der Waals surface area contributed by atoms with Gasteiger partial charge in [-0.05, 0) is 29.8 Å². The second-order valence-corrected chi connectivity index (χ2v) is 8.07. The van der Waals surface area contributed by atoms with Gasteiger partial charge in [0.15, 0.2) is 0 Å². The Labute approximate surface area is 190 Å². The third kappa shape index (κ3) is 4.20. The summed E-state index contributed by atoms with van der Waals surface area (Å²) in [6.45, 7) is 0. The predicted octanol–water partition coefficient (Wildman–Crippen LogP) is 7.96. The lowest BCUT2D eigenvalue weighted by atomic mass is 9.99. The van der Waals surface area contributed by atoms with Crippen LogP contribution in [0.3, 0.4) is 0 Å². The van der Waals surface area contributed by atoms with Crippen molar-refractivity contribution >= 4 is 75.6 Å². The summed E-state index contributed by atoms with van der Waals surface area (Å²) >= 11 is 36.8. The van der Waals surface area contributed by atoms with Gasteiger partial charge in [-0.1, -0.05) is 75.7 Å². The maximum atomic E-state index is 11.4. The van der Waals surface area contributed by atoms with Gasteiger partial charge in [0.05, 0.1) is 42.3 Å². The Bertz CT molecular complexity index is 1100. The van der Waals surface area contributed by atoms with Gasteiger partial charge in [-0.15, -0.1) is 0 Å². The molecule has 2 aromatic carbocycles. The second kappa shape index (κ2) is 8.66. The molecule has 0 fully saturated rings. The van der Waals surface area contributed by atoms with Crippen molar-refractivity contribution in [1.82, 2.24) is 4.98 Å². The van der Waals surface area contributed by atoms with E-state index in [1.165, 1.54) is 0 Å². The molecule has 0 aliphatic heterocycles. The van der Waals surface area contributed by atoms with Crippen LogP contribution in [0.4, 0.5) is 0 Å². The molecule has 1 N–H and O–H groups in total. The van der Waals surface area contributed by atoms with Crippen molar-refractivity contribution in [3.63, 3.8) is 0 Å². The Morgan fingerprint density at radius 2 is 1.36 bits per heavy atom. The second-order valence-electron chi connectivity index (χ2n) is 5.75. The zero-order valence-corrected chi connectivity index (χ0v) is 18.3. The molecular formula is C19H9Cl6NO2. The molecule has 9 heteroatoms. The summed E-state index contributed by atoms with van der Waals surface area (Å²) in [6.07, 6.45) is 1.26. The van der Waals surface area contributed by atoms with Gasteiger partial charge in [0.1, 0.15) is 0 Å². The fraction of sp³-hybridized carbons (Fsp3) is 0.0526.